The number of ether oxygens (including phenoxy) is 1. The number of carbonyl (C=O) groups is 1. The molecule has 0 radical (unpaired) electrons. The Kier molecular flexibility index (Phi) is 5.07. The van der Waals surface area contributed by atoms with Crippen molar-refractivity contribution in [3.63, 3.8) is 0 Å². The second-order valence-electron chi connectivity index (χ2n) is 8.64. The minimum absolute atomic E-state index is 0.0962. The van der Waals surface area contributed by atoms with Gasteiger partial charge in [0.2, 0.25) is 0 Å². The molecule has 1 saturated carbocycles. The minimum Gasteiger partial charge on any atom is -0.497 e. The molecule has 6 nitrogen and oxygen atoms in total. The van der Waals surface area contributed by atoms with E-state index < -0.39 is 18.0 Å². The van der Waals surface area contributed by atoms with Gasteiger partial charge in [-0.15, -0.1) is 0 Å². The van der Waals surface area contributed by atoms with Crippen LogP contribution in [0.1, 0.15) is 30.5 Å². The molecule has 3 heterocycles. The minimum atomic E-state index is -0.761. The highest BCUT2D eigenvalue weighted by molar-refractivity contribution is 14.1. The van der Waals surface area contributed by atoms with Crippen molar-refractivity contribution in [1.29, 1.82) is 0 Å². The monoisotopic (exact) mass is 622 g/mol. The molecule has 1 aliphatic carbocycles. The van der Waals surface area contributed by atoms with Crippen molar-refractivity contribution in [3.05, 3.63) is 29.5 Å². The summed E-state index contributed by atoms with van der Waals surface area (Å²) in [5.41, 5.74) is 3.83. The predicted octanol–water partition coefficient (Wildman–Crippen LogP) is 3.79. The lowest BCUT2D eigenvalue weighted by Crippen LogP contribution is -2.58. The van der Waals surface area contributed by atoms with Gasteiger partial charge in [-0.2, -0.15) is 0 Å². The number of fused-ring (bicyclic) bond motifs is 6. The summed E-state index contributed by atoms with van der Waals surface area (Å²) in [6.07, 6.45) is 2.39. The first-order valence-electron chi connectivity index (χ1n) is 10.1. The van der Waals surface area contributed by atoms with Crippen molar-refractivity contribution in [2.75, 3.05) is 20.2 Å². The van der Waals surface area contributed by atoms with Gasteiger partial charge in [0.25, 0.3) is 0 Å². The number of carboxylic acids is 1. The fourth-order valence-electron chi connectivity index (χ4n) is 5.91. The first kappa shape index (κ1) is 20.3. The third-order valence-corrected chi connectivity index (χ3v) is 9.86. The van der Waals surface area contributed by atoms with E-state index in [1.54, 1.807) is 7.11 Å². The third kappa shape index (κ3) is 3.03. The number of aliphatic carboxylic acids is 1. The van der Waals surface area contributed by atoms with Crippen LogP contribution in [0.5, 0.6) is 5.75 Å². The molecule has 1 saturated heterocycles. The maximum atomic E-state index is 12.0. The van der Waals surface area contributed by atoms with Crippen LogP contribution in [0, 0.1) is 17.8 Å². The van der Waals surface area contributed by atoms with Crippen molar-refractivity contribution in [1.82, 2.24) is 7.68 Å². The molecule has 0 spiro atoms. The summed E-state index contributed by atoms with van der Waals surface area (Å²) in [4.78, 5) is 14.5. The molecule has 3 aliphatic rings. The summed E-state index contributed by atoms with van der Waals surface area (Å²) in [5.74, 6) is -0.0334. The molecule has 8 heteroatoms. The molecule has 5 rings (SSSR count). The summed E-state index contributed by atoms with van der Waals surface area (Å²) >= 11 is 4.97. The van der Waals surface area contributed by atoms with Gasteiger partial charge in [-0.05, 0) is 55.2 Å². The van der Waals surface area contributed by atoms with E-state index in [1.807, 2.05) is 6.07 Å². The maximum Gasteiger partial charge on any atom is 0.306 e. The average molecular weight is 622 g/mol. The lowest BCUT2D eigenvalue weighted by molar-refractivity contribution is -0.152. The van der Waals surface area contributed by atoms with Crippen LogP contribution >= 0.6 is 45.5 Å². The number of aromatic nitrogens is 1. The molecular formula is C21H24I2N2O4. The Balaban J connectivity index is 1.62. The van der Waals surface area contributed by atoms with Crippen LogP contribution in [0.25, 0.3) is 10.9 Å². The number of hydrogen-bond acceptors (Lipinski definition) is 4. The van der Waals surface area contributed by atoms with Crippen LogP contribution in [0.15, 0.2) is 18.2 Å². The van der Waals surface area contributed by atoms with Gasteiger partial charge in [0.05, 0.1) is 53.2 Å². The molecule has 2 aliphatic heterocycles. The number of piperidine rings is 1. The summed E-state index contributed by atoms with van der Waals surface area (Å²) in [5, 5.41) is 21.4. The Bertz CT molecular complexity index is 993. The SMILES string of the molecule is COc1ccc2c3c(n(I)c2c1)[C@@]1(I)C[C@H]2[C@H](C[C@@H](O)C[C@H]2C(=O)O)CN1CC3. The molecule has 2 aromatic rings. The largest absolute Gasteiger partial charge is 0.497 e. The number of benzene rings is 1. The summed E-state index contributed by atoms with van der Waals surface area (Å²) in [7, 11) is 1.69. The van der Waals surface area contributed by atoms with Gasteiger partial charge in [0.15, 0.2) is 0 Å². The molecule has 1 aromatic carbocycles. The Morgan fingerprint density at radius 1 is 1.34 bits per heavy atom. The molecule has 1 aromatic heterocycles. The zero-order valence-corrected chi connectivity index (χ0v) is 20.5. The fourth-order valence-corrected chi connectivity index (χ4v) is 8.97. The lowest BCUT2D eigenvalue weighted by Gasteiger charge is -2.55. The third-order valence-electron chi connectivity index (χ3n) is 7.22. The van der Waals surface area contributed by atoms with Gasteiger partial charge in [0.1, 0.15) is 9.30 Å². The zero-order chi connectivity index (χ0) is 20.5. The van der Waals surface area contributed by atoms with Gasteiger partial charge in [-0.25, -0.2) is 0 Å². The van der Waals surface area contributed by atoms with Crippen LogP contribution in [0.4, 0.5) is 0 Å². The molecule has 0 amide bonds. The van der Waals surface area contributed by atoms with Crippen LogP contribution in [0.3, 0.4) is 0 Å². The predicted molar refractivity (Wildman–Crippen MR) is 127 cm³/mol. The molecule has 5 atom stereocenters. The number of methoxy groups -OCH3 is 1. The van der Waals surface area contributed by atoms with Crippen molar-refractivity contribution < 1.29 is 19.7 Å². The Morgan fingerprint density at radius 2 is 2.14 bits per heavy atom. The number of nitrogens with zero attached hydrogens (tertiary/aromatic N) is 2. The summed E-state index contributed by atoms with van der Waals surface area (Å²) in [6, 6.07) is 6.26. The van der Waals surface area contributed by atoms with Crippen molar-refractivity contribution in [2.45, 2.75) is 35.3 Å². The topological polar surface area (TPSA) is 74.9 Å². The number of carboxylic acid groups (broad SMARTS) is 1. The summed E-state index contributed by atoms with van der Waals surface area (Å²) in [6.45, 7) is 1.82. The van der Waals surface area contributed by atoms with Crippen molar-refractivity contribution >= 4 is 62.3 Å². The number of alkyl halides is 1. The smallest absolute Gasteiger partial charge is 0.306 e. The fraction of sp³-hybridized carbons (Fsp3) is 0.571. The highest BCUT2D eigenvalue weighted by Crippen LogP contribution is 2.56. The van der Waals surface area contributed by atoms with Crippen LogP contribution in [0.2, 0.25) is 0 Å². The summed E-state index contributed by atoms with van der Waals surface area (Å²) < 4.78 is 7.48. The van der Waals surface area contributed by atoms with E-state index in [4.69, 9.17) is 4.74 Å². The van der Waals surface area contributed by atoms with Crippen LogP contribution < -0.4 is 4.74 Å². The van der Waals surface area contributed by atoms with E-state index in [-0.39, 0.29) is 15.4 Å². The zero-order valence-electron chi connectivity index (χ0n) is 16.1. The van der Waals surface area contributed by atoms with E-state index >= 15 is 0 Å². The maximum absolute atomic E-state index is 12.0. The second kappa shape index (κ2) is 7.23. The number of halogens is 2. The standard InChI is InChI=1S/C21H24I2N2O4/c1-29-13-2-3-14-15-4-5-24-10-11-6-12(26)7-16(20(27)28)17(11)9-21(24,22)19(15)25(23)18(14)8-13/h2-3,8,11-12,16-17,26H,4-7,9-10H2,1H3,(H,27,28)/t11-,12-,16-,17+,21-/m1/s1. The number of rotatable bonds is 2. The molecule has 29 heavy (non-hydrogen) atoms. The molecule has 2 fully saturated rings. The second-order valence-corrected chi connectivity index (χ2v) is 11.4. The van der Waals surface area contributed by atoms with Gasteiger partial charge >= 0.3 is 5.97 Å². The van der Waals surface area contributed by atoms with Gasteiger partial charge < -0.3 is 14.9 Å². The van der Waals surface area contributed by atoms with E-state index in [1.165, 1.54) is 16.6 Å². The molecule has 2 N–H and O–H groups in total. The molecular weight excluding hydrogens is 598 g/mol. The molecule has 0 bridgehead atoms. The number of hydrogen-bond donors (Lipinski definition) is 2. The first-order valence-corrected chi connectivity index (χ1v) is 12.1. The van der Waals surface area contributed by atoms with Crippen LogP contribution in [-0.4, -0.2) is 50.2 Å². The Labute approximate surface area is 197 Å². The highest BCUT2D eigenvalue weighted by Gasteiger charge is 2.54. The van der Waals surface area contributed by atoms with E-state index in [0.29, 0.717) is 6.42 Å². The molecule has 0 unspecified atom stereocenters. The highest BCUT2D eigenvalue weighted by atomic mass is 127. The van der Waals surface area contributed by atoms with E-state index in [9.17, 15) is 15.0 Å². The van der Waals surface area contributed by atoms with E-state index in [2.05, 4.69) is 65.3 Å². The van der Waals surface area contributed by atoms with E-state index in [0.717, 1.165) is 43.6 Å². The number of aliphatic hydroxyl groups is 1. The van der Waals surface area contributed by atoms with Gasteiger partial charge in [0, 0.05) is 24.5 Å². The van der Waals surface area contributed by atoms with Crippen molar-refractivity contribution in [2.24, 2.45) is 17.8 Å². The first-order chi connectivity index (χ1) is 13.8. The van der Waals surface area contributed by atoms with Gasteiger partial charge in [-0.1, -0.05) is 22.6 Å². The Morgan fingerprint density at radius 3 is 2.86 bits per heavy atom. The average Bonchev–Trinajstić information content (AvgIpc) is 2.98. The lowest BCUT2D eigenvalue weighted by atomic mass is 9.65. The quantitative estimate of drug-likeness (QED) is 0.303. The normalized spacial score (nSPS) is 34.3. The van der Waals surface area contributed by atoms with Crippen LogP contribution in [-0.2, 0) is 14.8 Å². The van der Waals surface area contributed by atoms with Gasteiger partial charge in [-0.3, -0.25) is 12.5 Å². The number of aliphatic hydroxyl groups excluding tert-OH is 1. The Hall–Kier alpha value is -0.590. The molecule has 156 valence electrons. The van der Waals surface area contributed by atoms with Crippen molar-refractivity contribution in [3.8, 4) is 5.75 Å².